The van der Waals surface area contributed by atoms with Gasteiger partial charge >= 0.3 is 5.97 Å². The molecule has 66 heavy (non-hydrogen) atoms. The minimum absolute atomic E-state index is 0.0166. The summed E-state index contributed by atoms with van der Waals surface area (Å²) in [5.41, 5.74) is 0. The maximum Gasteiger partial charge on any atom is 0.306 e. The van der Waals surface area contributed by atoms with Gasteiger partial charge in [0.1, 0.15) is 6.10 Å². The molecule has 1 amide bonds. The molecule has 3 atom stereocenters. The fourth-order valence-electron chi connectivity index (χ4n) is 7.58. The van der Waals surface area contributed by atoms with E-state index in [1.165, 1.54) is 89.9 Å². The summed E-state index contributed by atoms with van der Waals surface area (Å²) in [4.78, 5) is 26.2. The molecule has 6 nitrogen and oxygen atoms in total. The molecule has 0 aromatic heterocycles. The highest BCUT2D eigenvalue weighted by Gasteiger charge is 2.23. The maximum atomic E-state index is 13.2. The number of unbranched alkanes of at least 4 members (excludes halogenated alkanes) is 21. The van der Waals surface area contributed by atoms with Crippen molar-refractivity contribution < 1.29 is 24.5 Å². The highest BCUT2D eigenvalue weighted by molar-refractivity contribution is 5.77. The Bertz CT molecular complexity index is 1350. The van der Waals surface area contributed by atoms with Crippen LogP contribution in [0.15, 0.2) is 109 Å². The topological polar surface area (TPSA) is 95.9 Å². The highest BCUT2D eigenvalue weighted by Crippen LogP contribution is 2.16. The van der Waals surface area contributed by atoms with Gasteiger partial charge in [-0.05, 0) is 70.6 Å². The zero-order valence-corrected chi connectivity index (χ0v) is 42.8. The molecule has 0 aliphatic rings. The third-order valence-corrected chi connectivity index (χ3v) is 11.7. The fraction of sp³-hybridized carbons (Fsp3) is 0.667. The lowest BCUT2D eigenvalue weighted by Crippen LogP contribution is -2.46. The van der Waals surface area contributed by atoms with Crippen LogP contribution >= 0.6 is 0 Å². The summed E-state index contributed by atoms with van der Waals surface area (Å²) in [7, 11) is 0. The van der Waals surface area contributed by atoms with Crippen LogP contribution in [0.5, 0.6) is 0 Å². The predicted octanol–water partition coefficient (Wildman–Crippen LogP) is 16.7. The number of esters is 1. The van der Waals surface area contributed by atoms with E-state index in [1.807, 2.05) is 12.2 Å². The minimum Gasteiger partial charge on any atom is -0.461 e. The summed E-state index contributed by atoms with van der Waals surface area (Å²) in [5, 5.41) is 23.8. The maximum absolute atomic E-state index is 13.2. The second-order valence-electron chi connectivity index (χ2n) is 18.0. The van der Waals surface area contributed by atoms with Crippen LogP contribution in [-0.4, -0.2) is 46.9 Å². The summed E-state index contributed by atoms with van der Waals surface area (Å²) in [6, 6.07) is -0.744. The number of carbonyl (C=O) groups excluding carboxylic acids is 2. The lowest BCUT2D eigenvalue weighted by molar-refractivity contribution is -0.150. The van der Waals surface area contributed by atoms with E-state index < -0.39 is 18.2 Å². The first kappa shape index (κ1) is 62.5. The van der Waals surface area contributed by atoms with E-state index in [0.29, 0.717) is 19.3 Å². The van der Waals surface area contributed by atoms with Crippen LogP contribution < -0.4 is 5.32 Å². The van der Waals surface area contributed by atoms with Gasteiger partial charge in [-0.1, -0.05) is 252 Å². The normalized spacial score (nSPS) is 14.1. The molecule has 0 saturated heterocycles. The third-order valence-electron chi connectivity index (χ3n) is 11.7. The van der Waals surface area contributed by atoms with Crippen LogP contribution in [0.2, 0.25) is 0 Å². The van der Waals surface area contributed by atoms with Crippen molar-refractivity contribution in [2.45, 2.75) is 251 Å². The van der Waals surface area contributed by atoms with Gasteiger partial charge in [0.05, 0.1) is 25.2 Å². The van der Waals surface area contributed by atoms with Crippen LogP contribution in [0, 0.1) is 0 Å². The molecule has 0 aromatic carbocycles. The zero-order valence-electron chi connectivity index (χ0n) is 42.8. The van der Waals surface area contributed by atoms with Gasteiger partial charge in [0.25, 0.3) is 0 Å². The Kier molecular flexibility index (Phi) is 49.7. The quantitative estimate of drug-likeness (QED) is 0.0245. The predicted molar refractivity (Wildman–Crippen MR) is 287 cm³/mol. The lowest BCUT2D eigenvalue weighted by Gasteiger charge is -2.24. The molecule has 0 aromatic rings. The molecule has 0 heterocycles. The number of hydrogen-bond acceptors (Lipinski definition) is 5. The molecule has 0 aliphatic heterocycles. The van der Waals surface area contributed by atoms with Crippen molar-refractivity contribution in [2.24, 2.45) is 0 Å². The van der Waals surface area contributed by atoms with Gasteiger partial charge in [-0.2, -0.15) is 0 Å². The zero-order chi connectivity index (χ0) is 48.1. The number of allylic oxidation sites excluding steroid dienone is 17. The van der Waals surface area contributed by atoms with Gasteiger partial charge < -0.3 is 20.3 Å². The smallest absolute Gasteiger partial charge is 0.306 e. The van der Waals surface area contributed by atoms with Crippen molar-refractivity contribution in [1.82, 2.24) is 5.32 Å². The van der Waals surface area contributed by atoms with Gasteiger partial charge in [-0.15, -0.1) is 0 Å². The molecule has 0 spiro atoms. The monoisotopic (exact) mass is 916 g/mol. The largest absolute Gasteiger partial charge is 0.461 e. The Labute approximate surface area is 407 Å². The first-order valence-electron chi connectivity index (χ1n) is 27.2. The molecular weight excluding hydrogens is 815 g/mol. The summed E-state index contributed by atoms with van der Waals surface area (Å²) < 4.78 is 5.87. The number of aliphatic hydroxyl groups excluding tert-OH is 2. The van der Waals surface area contributed by atoms with E-state index in [1.54, 1.807) is 0 Å². The van der Waals surface area contributed by atoms with E-state index in [9.17, 15) is 19.8 Å². The first-order chi connectivity index (χ1) is 32.5. The molecule has 6 heteroatoms. The second-order valence-corrected chi connectivity index (χ2v) is 18.0. The summed E-state index contributed by atoms with van der Waals surface area (Å²) in [5.74, 6) is -0.613. The van der Waals surface area contributed by atoms with Crippen molar-refractivity contribution in [1.29, 1.82) is 0 Å². The average Bonchev–Trinajstić information content (AvgIpc) is 3.31. The number of amides is 1. The van der Waals surface area contributed by atoms with Crippen LogP contribution in [0.3, 0.4) is 0 Å². The van der Waals surface area contributed by atoms with Crippen molar-refractivity contribution in [2.75, 3.05) is 6.61 Å². The third kappa shape index (κ3) is 47.0. The van der Waals surface area contributed by atoms with E-state index in [4.69, 9.17) is 4.74 Å². The van der Waals surface area contributed by atoms with Crippen molar-refractivity contribution in [3.63, 3.8) is 0 Å². The summed E-state index contributed by atoms with van der Waals surface area (Å²) >= 11 is 0. The van der Waals surface area contributed by atoms with Crippen LogP contribution in [0.4, 0.5) is 0 Å². The molecular formula is C60H101NO5. The summed E-state index contributed by atoms with van der Waals surface area (Å²) in [6.07, 6.45) is 71.6. The van der Waals surface area contributed by atoms with Crippen molar-refractivity contribution >= 4 is 11.9 Å². The van der Waals surface area contributed by atoms with Gasteiger partial charge in [0, 0.05) is 12.8 Å². The van der Waals surface area contributed by atoms with Crippen molar-refractivity contribution in [3.05, 3.63) is 109 Å². The second kappa shape index (κ2) is 52.5. The van der Waals surface area contributed by atoms with E-state index in [0.717, 1.165) is 96.3 Å². The van der Waals surface area contributed by atoms with Gasteiger partial charge in [-0.25, -0.2) is 0 Å². The number of aliphatic hydroxyl groups is 2. The average molecular weight is 916 g/mol. The number of ether oxygens (including phenoxy) is 1. The Hall–Kier alpha value is -3.48. The molecule has 0 fully saturated rings. The van der Waals surface area contributed by atoms with Crippen LogP contribution in [0.25, 0.3) is 0 Å². The van der Waals surface area contributed by atoms with E-state index in [-0.39, 0.29) is 24.9 Å². The molecule has 376 valence electrons. The van der Waals surface area contributed by atoms with Gasteiger partial charge in [-0.3, -0.25) is 9.59 Å². The Morgan fingerprint density at radius 3 is 1.39 bits per heavy atom. The number of nitrogens with one attached hydrogen (secondary N) is 1. The SMILES string of the molecule is CC/C=C\C/C=C\C/C=C\C/C=C\C/C=C\CC(CC(=O)NC(CO)C(O)CCCCCCCCCCCCCCCC)OC(=O)CCCCCCC/C=C/C=C/C=C/C=C/CCCCC. The number of rotatable bonds is 47. The Balaban J connectivity index is 4.76. The lowest BCUT2D eigenvalue weighted by atomic mass is 10.0. The number of carbonyl (C=O) groups is 2. The standard InChI is InChI=1S/C60H101NO5/c1-4-7-10-13-16-19-22-25-28-29-30-32-35-38-41-44-47-50-53-60(65)66-56(51-48-45-42-39-36-33-31-26-23-20-17-14-11-8-5-2)54-59(64)61-57(55-62)58(63)52-49-46-43-40-37-34-27-24-21-18-15-12-9-6-3/h8,11,16-17,19-20,22,25-26,28-32,36,39,45,48,56-58,62-63H,4-7,9-10,12-15,18,21,23-24,27,33-35,37-38,40-44,46-47,49-55H2,1-3H3,(H,61,64)/b11-8-,19-16+,20-17-,25-22+,29-28+,31-26-,32-30+,39-36-,48-45-. The summed E-state index contributed by atoms with van der Waals surface area (Å²) in [6.45, 7) is 6.30. The van der Waals surface area contributed by atoms with Gasteiger partial charge in [0.2, 0.25) is 5.91 Å². The first-order valence-corrected chi connectivity index (χ1v) is 27.2. The molecule has 0 radical (unpaired) electrons. The molecule has 0 aliphatic carbocycles. The van der Waals surface area contributed by atoms with Gasteiger partial charge in [0.15, 0.2) is 0 Å². The van der Waals surface area contributed by atoms with Crippen LogP contribution in [-0.2, 0) is 14.3 Å². The molecule has 0 saturated carbocycles. The molecule has 0 rings (SSSR count). The van der Waals surface area contributed by atoms with Crippen molar-refractivity contribution in [3.8, 4) is 0 Å². The van der Waals surface area contributed by atoms with E-state index >= 15 is 0 Å². The highest BCUT2D eigenvalue weighted by atomic mass is 16.5. The minimum atomic E-state index is -0.823. The molecule has 3 N–H and O–H groups in total. The van der Waals surface area contributed by atoms with E-state index in [2.05, 4.69) is 123 Å². The number of hydrogen-bond donors (Lipinski definition) is 3. The fourth-order valence-corrected chi connectivity index (χ4v) is 7.58. The molecule has 3 unspecified atom stereocenters. The Morgan fingerprint density at radius 1 is 0.485 bits per heavy atom. The Morgan fingerprint density at radius 2 is 0.894 bits per heavy atom. The van der Waals surface area contributed by atoms with Crippen LogP contribution in [0.1, 0.15) is 233 Å². The molecule has 0 bridgehead atoms.